The molecular formula is C10H19N3O. The van der Waals surface area contributed by atoms with Crippen LogP contribution in [0.2, 0.25) is 0 Å². The van der Waals surface area contributed by atoms with Crippen LogP contribution in [0.15, 0.2) is 0 Å². The number of nitrogens with one attached hydrogen (secondary N) is 1. The first-order valence-electron chi connectivity index (χ1n) is 5.56. The Bertz CT molecular complexity index is 219. The minimum atomic E-state index is 0.0940. The van der Waals surface area contributed by atoms with Gasteiger partial charge in [0, 0.05) is 25.7 Å². The van der Waals surface area contributed by atoms with Gasteiger partial charge in [-0.3, -0.25) is 0 Å². The van der Waals surface area contributed by atoms with Gasteiger partial charge < -0.3 is 16.0 Å². The predicted octanol–water partition coefficient (Wildman–Crippen LogP) is 0.529. The van der Waals surface area contributed by atoms with Gasteiger partial charge in [-0.15, -0.1) is 0 Å². The van der Waals surface area contributed by atoms with E-state index in [9.17, 15) is 4.79 Å². The molecule has 1 aliphatic carbocycles. The topological polar surface area (TPSA) is 58.4 Å². The van der Waals surface area contributed by atoms with E-state index in [2.05, 4.69) is 5.32 Å². The number of urea groups is 1. The highest BCUT2D eigenvalue weighted by Gasteiger charge is 2.26. The van der Waals surface area contributed by atoms with Crippen molar-refractivity contribution in [2.75, 3.05) is 19.6 Å². The summed E-state index contributed by atoms with van der Waals surface area (Å²) in [5, 5.41) is 2.81. The third-order valence-corrected chi connectivity index (χ3v) is 3.43. The zero-order chi connectivity index (χ0) is 9.97. The number of nitrogens with two attached hydrogens (primary N) is 1. The van der Waals surface area contributed by atoms with Crippen molar-refractivity contribution < 1.29 is 4.79 Å². The fraction of sp³-hybridized carbons (Fsp3) is 0.900. The van der Waals surface area contributed by atoms with Crippen LogP contribution >= 0.6 is 0 Å². The second-order valence-electron chi connectivity index (χ2n) is 4.36. The molecule has 2 fully saturated rings. The summed E-state index contributed by atoms with van der Waals surface area (Å²) in [5.74, 6) is 0.642. The molecule has 4 nitrogen and oxygen atoms in total. The second-order valence-corrected chi connectivity index (χ2v) is 4.36. The molecule has 4 heteroatoms. The molecule has 0 bridgehead atoms. The van der Waals surface area contributed by atoms with E-state index >= 15 is 0 Å². The van der Waals surface area contributed by atoms with Gasteiger partial charge >= 0.3 is 6.03 Å². The number of carbonyl (C=O) groups is 1. The average Bonchev–Trinajstić information content (AvgIpc) is 2.72. The lowest BCUT2D eigenvalue weighted by atomic mass is 10.0. The predicted molar refractivity (Wildman–Crippen MR) is 54.9 cm³/mol. The third kappa shape index (κ3) is 2.00. The molecule has 3 N–H and O–H groups in total. The molecule has 2 amide bonds. The molecule has 1 aliphatic heterocycles. The molecule has 1 heterocycles. The fourth-order valence-electron chi connectivity index (χ4n) is 2.47. The largest absolute Gasteiger partial charge is 0.336 e. The summed E-state index contributed by atoms with van der Waals surface area (Å²) < 4.78 is 0. The van der Waals surface area contributed by atoms with Crippen molar-refractivity contribution in [2.45, 2.75) is 31.7 Å². The molecule has 0 aromatic carbocycles. The van der Waals surface area contributed by atoms with Crippen LogP contribution in [0, 0.1) is 5.92 Å². The summed E-state index contributed by atoms with van der Waals surface area (Å²) in [5.41, 5.74) is 5.98. The number of hydrogen-bond acceptors (Lipinski definition) is 2. The first-order chi connectivity index (χ1) is 6.77. The van der Waals surface area contributed by atoms with Crippen LogP contribution in [0.25, 0.3) is 0 Å². The Balaban J connectivity index is 1.73. The summed E-state index contributed by atoms with van der Waals surface area (Å²) in [6, 6.07) is 0.470. The molecular weight excluding hydrogens is 178 g/mol. The number of nitrogens with zero attached hydrogens (tertiary/aromatic N) is 1. The molecule has 2 atom stereocenters. The normalized spacial score (nSPS) is 32.4. The maximum atomic E-state index is 11.2. The van der Waals surface area contributed by atoms with Gasteiger partial charge in [-0.1, -0.05) is 6.42 Å². The van der Waals surface area contributed by atoms with Gasteiger partial charge in [-0.25, -0.2) is 4.79 Å². The van der Waals surface area contributed by atoms with E-state index in [1.54, 1.807) is 0 Å². The van der Waals surface area contributed by atoms with Crippen molar-refractivity contribution in [1.82, 2.24) is 10.2 Å². The maximum Gasteiger partial charge on any atom is 0.317 e. The summed E-state index contributed by atoms with van der Waals surface area (Å²) in [6.45, 7) is 2.54. The Morgan fingerprint density at radius 2 is 2.36 bits per heavy atom. The molecule has 0 aromatic heterocycles. The first kappa shape index (κ1) is 9.77. The molecule has 2 rings (SSSR count). The van der Waals surface area contributed by atoms with Crippen molar-refractivity contribution in [3.05, 3.63) is 0 Å². The van der Waals surface area contributed by atoms with Crippen molar-refractivity contribution in [2.24, 2.45) is 11.7 Å². The minimum absolute atomic E-state index is 0.0940. The quantitative estimate of drug-likeness (QED) is 0.693. The molecule has 0 spiro atoms. The van der Waals surface area contributed by atoms with E-state index < -0.39 is 0 Å². The van der Waals surface area contributed by atoms with Crippen LogP contribution in [0.5, 0.6) is 0 Å². The summed E-state index contributed by atoms with van der Waals surface area (Å²) in [4.78, 5) is 13.1. The molecule has 2 aliphatic rings. The Hall–Kier alpha value is -0.770. The Morgan fingerprint density at radius 1 is 1.50 bits per heavy atom. The van der Waals surface area contributed by atoms with Gasteiger partial charge in [0.25, 0.3) is 0 Å². The fourth-order valence-corrected chi connectivity index (χ4v) is 2.47. The maximum absolute atomic E-state index is 11.2. The Labute approximate surface area is 84.8 Å². The lowest BCUT2D eigenvalue weighted by Gasteiger charge is -2.19. The molecule has 14 heavy (non-hydrogen) atoms. The lowest BCUT2D eigenvalue weighted by molar-refractivity contribution is 0.213. The van der Waals surface area contributed by atoms with Crippen molar-refractivity contribution in [1.29, 1.82) is 0 Å². The molecule has 2 unspecified atom stereocenters. The highest BCUT2D eigenvalue weighted by molar-refractivity contribution is 5.76. The van der Waals surface area contributed by atoms with Crippen LogP contribution in [0.4, 0.5) is 4.79 Å². The molecule has 0 radical (unpaired) electrons. The highest BCUT2D eigenvalue weighted by Crippen LogP contribution is 2.26. The van der Waals surface area contributed by atoms with E-state index in [1.165, 1.54) is 12.8 Å². The van der Waals surface area contributed by atoms with Crippen molar-refractivity contribution in [3.63, 3.8) is 0 Å². The molecule has 1 saturated carbocycles. The molecule has 80 valence electrons. The van der Waals surface area contributed by atoms with E-state index in [-0.39, 0.29) is 6.03 Å². The second kappa shape index (κ2) is 4.17. The van der Waals surface area contributed by atoms with Crippen LogP contribution in [0.1, 0.15) is 25.7 Å². The van der Waals surface area contributed by atoms with E-state index in [4.69, 9.17) is 5.73 Å². The van der Waals surface area contributed by atoms with Crippen LogP contribution in [-0.4, -0.2) is 36.6 Å². The summed E-state index contributed by atoms with van der Waals surface area (Å²) in [7, 11) is 0. The van der Waals surface area contributed by atoms with Gasteiger partial charge in [-0.2, -0.15) is 0 Å². The SMILES string of the molecule is NC1CCCC1CCN1CCNC1=O. The number of amides is 2. The third-order valence-electron chi connectivity index (χ3n) is 3.43. The zero-order valence-corrected chi connectivity index (χ0v) is 8.54. The van der Waals surface area contributed by atoms with Crippen LogP contribution in [-0.2, 0) is 0 Å². The number of carbonyl (C=O) groups excluding carboxylic acids is 1. The van der Waals surface area contributed by atoms with Crippen LogP contribution < -0.4 is 11.1 Å². The van der Waals surface area contributed by atoms with E-state index in [1.807, 2.05) is 4.90 Å². The van der Waals surface area contributed by atoms with Crippen LogP contribution in [0.3, 0.4) is 0 Å². The van der Waals surface area contributed by atoms with Gasteiger partial charge in [0.2, 0.25) is 0 Å². The molecule has 0 aromatic rings. The average molecular weight is 197 g/mol. The minimum Gasteiger partial charge on any atom is -0.336 e. The van der Waals surface area contributed by atoms with Crippen molar-refractivity contribution >= 4 is 6.03 Å². The van der Waals surface area contributed by atoms with Crippen molar-refractivity contribution in [3.8, 4) is 0 Å². The summed E-state index contributed by atoms with van der Waals surface area (Å²) >= 11 is 0. The number of hydrogen-bond donors (Lipinski definition) is 2. The Morgan fingerprint density at radius 3 is 2.93 bits per heavy atom. The van der Waals surface area contributed by atoms with Gasteiger partial charge in [0.15, 0.2) is 0 Å². The van der Waals surface area contributed by atoms with Gasteiger partial charge in [0.05, 0.1) is 0 Å². The number of rotatable bonds is 3. The zero-order valence-electron chi connectivity index (χ0n) is 8.54. The van der Waals surface area contributed by atoms with E-state index in [0.717, 1.165) is 32.5 Å². The smallest absolute Gasteiger partial charge is 0.317 e. The molecule has 1 saturated heterocycles. The van der Waals surface area contributed by atoms with Gasteiger partial charge in [-0.05, 0) is 25.2 Å². The Kier molecular flexibility index (Phi) is 2.91. The van der Waals surface area contributed by atoms with E-state index in [0.29, 0.717) is 12.0 Å². The highest BCUT2D eigenvalue weighted by atomic mass is 16.2. The standard InChI is InChI=1S/C10H19N3O/c11-9-3-1-2-8(9)4-6-13-7-5-12-10(13)14/h8-9H,1-7,11H2,(H,12,14). The summed E-state index contributed by atoms with van der Waals surface area (Å²) in [6.07, 6.45) is 4.75. The first-order valence-corrected chi connectivity index (χ1v) is 5.56. The van der Waals surface area contributed by atoms with Gasteiger partial charge in [0.1, 0.15) is 0 Å². The lowest BCUT2D eigenvalue weighted by Crippen LogP contribution is -2.32. The monoisotopic (exact) mass is 197 g/mol.